The van der Waals surface area contributed by atoms with Crippen molar-refractivity contribution in [2.24, 2.45) is 0 Å². The van der Waals surface area contributed by atoms with Gasteiger partial charge >= 0.3 is 5.97 Å². The lowest BCUT2D eigenvalue weighted by atomic mass is 10.2. The number of nitrogens with zero attached hydrogens (tertiary/aromatic N) is 2. The first-order chi connectivity index (χ1) is 9.10. The minimum Gasteiger partial charge on any atom is -0.465 e. The van der Waals surface area contributed by atoms with Gasteiger partial charge in [-0.3, -0.25) is 0 Å². The van der Waals surface area contributed by atoms with Crippen LogP contribution in [0.1, 0.15) is 35.9 Å². The number of hydrogen-bond donors (Lipinski definition) is 0. The van der Waals surface area contributed by atoms with Gasteiger partial charge in [0.15, 0.2) is 0 Å². The zero-order valence-corrected chi connectivity index (χ0v) is 11.7. The third-order valence-electron chi connectivity index (χ3n) is 2.40. The number of methoxy groups -OCH3 is 1. The van der Waals surface area contributed by atoms with E-state index < -0.39 is 5.97 Å². The van der Waals surface area contributed by atoms with Crippen LogP contribution in [0.25, 0.3) is 0 Å². The van der Waals surface area contributed by atoms with Crippen molar-refractivity contribution in [3.05, 3.63) is 35.7 Å². The maximum Gasteiger partial charge on any atom is 0.337 e. The SMILES string of the molecule is COC(=O)c1cccc(Oc2nc(C(C)C)ns2)c1. The number of benzene rings is 1. The molecule has 0 bridgehead atoms. The van der Waals surface area contributed by atoms with Crippen molar-refractivity contribution in [1.82, 2.24) is 9.36 Å². The van der Waals surface area contributed by atoms with Crippen LogP contribution in [0.3, 0.4) is 0 Å². The van der Waals surface area contributed by atoms with E-state index >= 15 is 0 Å². The monoisotopic (exact) mass is 278 g/mol. The Balaban J connectivity index is 2.16. The summed E-state index contributed by atoms with van der Waals surface area (Å²) in [5.41, 5.74) is 0.439. The molecule has 1 aromatic carbocycles. The van der Waals surface area contributed by atoms with Crippen LogP contribution >= 0.6 is 11.5 Å². The lowest BCUT2D eigenvalue weighted by Crippen LogP contribution is -2.00. The third-order valence-corrected chi connectivity index (χ3v) is 3.01. The maximum atomic E-state index is 11.4. The Morgan fingerprint density at radius 3 is 2.79 bits per heavy atom. The van der Waals surface area contributed by atoms with E-state index in [4.69, 9.17) is 4.74 Å². The van der Waals surface area contributed by atoms with E-state index in [9.17, 15) is 4.79 Å². The minimum absolute atomic E-state index is 0.259. The Labute approximate surface area is 115 Å². The first-order valence-corrected chi connectivity index (χ1v) is 6.57. The highest BCUT2D eigenvalue weighted by Gasteiger charge is 2.11. The number of ether oxygens (including phenoxy) is 2. The molecule has 0 aliphatic rings. The number of aromatic nitrogens is 2. The Kier molecular flexibility index (Phi) is 4.11. The lowest BCUT2D eigenvalue weighted by molar-refractivity contribution is 0.0600. The molecular weight excluding hydrogens is 264 g/mol. The Morgan fingerprint density at radius 1 is 1.37 bits per heavy atom. The van der Waals surface area contributed by atoms with E-state index in [2.05, 4.69) is 14.1 Å². The zero-order chi connectivity index (χ0) is 13.8. The van der Waals surface area contributed by atoms with Gasteiger partial charge in [-0.15, -0.1) is 0 Å². The maximum absolute atomic E-state index is 11.4. The summed E-state index contributed by atoms with van der Waals surface area (Å²) in [5.74, 6) is 1.15. The molecule has 0 saturated heterocycles. The topological polar surface area (TPSA) is 61.3 Å². The van der Waals surface area contributed by atoms with Crippen LogP contribution in [0.15, 0.2) is 24.3 Å². The molecule has 0 atom stereocenters. The number of hydrogen-bond acceptors (Lipinski definition) is 6. The van der Waals surface area contributed by atoms with Crippen molar-refractivity contribution < 1.29 is 14.3 Å². The van der Waals surface area contributed by atoms with Crippen LogP contribution in [0, 0.1) is 0 Å². The number of carbonyl (C=O) groups excluding carboxylic acids is 1. The summed E-state index contributed by atoms with van der Waals surface area (Å²) in [6, 6.07) is 6.76. The van der Waals surface area contributed by atoms with Crippen molar-refractivity contribution in [3.8, 4) is 10.9 Å². The summed E-state index contributed by atoms with van der Waals surface area (Å²) in [5, 5.41) is 0.464. The fourth-order valence-electron chi connectivity index (χ4n) is 1.40. The zero-order valence-electron chi connectivity index (χ0n) is 10.9. The third kappa shape index (κ3) is 3.29. The van der Waals surface area contributed by atoms with Crippen molar-refractivity contribution in [2.75, 3.05) is 7.11 Å². The van der Waals surface area contributed by atoms with Gasteiger partial charge in [-0.1, -0.05) is 19.9 Å². The highest BCUT2D eigenvalue weighted by molar-refractivity contribution is 7.07. The van der Waals surface area contributed by atoms with Crippen LogP contribution in [-0.2, 0) is 4.74 Å². The van der Waals surface area contributed by atoms with Gasteiger partial charge in [0.1, 0.15) is 11.6 Å². The predicted molar refractivity (Wildman–Crippen MR) is 71.9 cm³/mol. The van der Waals surface area contributed by atoms with Gasteiger partial charge in [0, 0.05) is 17.5 Å². The largest absolute Gasteiger partial charge is 0.465 e. The van der Waals surface area contributed by atoms with Crippen molar-refractivity contribution in [2.45, 2.75) is 19.8 Å². The lowest BCUT2D eigenvalue weighted by Gasteiger charge is -2.03. The first-order valence-electron chi connectivity index (χ1n) is 5.80. The van der Waals surface area contributed by atoms with E-state index in [1.165, 1.54) is 18.6 Å². The van der Waals surface area contributed by atoms with E-state index in [1.807, 2.05) is 13.8 Å². The van der Waals surface area contributed by atoms with Gasteiger partial charge < -0.3 is 9.47 Å². The summed E-state index contributed by atoms with van der Waals surface area (Å²) >= 11 is 1.19. The van der Waals surface area contributed by atoms with Gasteiger partial charge in [0.05, 0.1) is 12.7 Å². The van der Waals surface area contributed by atoms with Gasteiger partial charge in [-0.2, -0.15) is 9.36 Å². The second-order valence-corrected chi connectivity index (χ2v) is 4.91. The molecule has 19 heavy (non-hydrogen) atoms. The first kappa shape index (κ1) is 13.5. The van der Waals surface area contributed by atoms with Crippen LogP contribution < -0.4 is 4.74 Å². The second-order valence-electron chi connectivity index (χ2n) is 4.19. The molecule has 0 unspecified atom stereocenters. The molecule has 0 radical (unpaired) electrons. The molecule has 0 saturated carbocycles. The average Bonchev–Trinajstić information content (AvgIpc) is 2.87. The molecule has 0 amide bonds. The molecule has 0 spiro atoms. The van der Waals surface area contributed by atoms with Gasteiger partial charge in [0.2, 0.25) is 0 Å². The molecule has 0 fully saturated rings. The molecule has 2 aromatic rings. The van der Waals surface area contributed by atoms with Crippen molar-refractivity contribution >= 4 is 17.5 Å². The molecule has 0 aliphatic carbocycles. The molecule has 0 aliphatic heterocycles. The van der Waals surface area contributed by atoms with Gasteiger partial charge in [0.25, 0.3) is 5.19 Å². The molecular formula is C13H14N2O3S. The van der Waals surface area contributed by atoms with E-state index in [0.717, 1.165) is 5.82 Å². The molecule has 6 heteroatoms. The van der Waals surface area contributed by atoms with E-state index in [0.29, 0.717) is 16.5 Å². The molecule has 100 valence electrons. The van der Waals surface area contributed by atoms with E-state index in [1.54, 1.807) is 24.3 Å². The van der Waals surface area contributed by atoms with E-state index in [-0.39, 0.29) is 5.92 Å². The van der Waals surface area contributed by atoms with Gasteiger partial charge in [-0.25, -0.2) is 4.79 Å². The predicted octanol–water partition coefficient (Wildman–Crippen LogP) is 3.24. The highest BCUT2D eigenvalue weighted by Crippen LogP contribution is 2.26. The smallest absolute Gasteiger partial charge is 0.337 e. The summed E-state index contributed by atoms with van der Waals surface area (Å²) in [4.78, 5) is 15.7. The average molecular weight is 278 g/mol. The second kappa shape index (κ2) is 5.79. The Bertz CT molecular complexity index is 581. The Hall–Kier alpha value is -1.95. The number of rotatable bonds is 4. The van der Waals surface area contributed by atoms with Crippen LogP contribution in [0.4, 0.5) is 0 Å². The fourth-order valence-corrected chi connectivity index (χ4v) is 2.09. The molecule has 5 nitrogen and oxygen atoms in total. The summed E-state index contributed by atoms with van der Waals surface area (Å²) < 4.78 is 14.4. The molecule has 1 heterocycles. The van der Waals surface area contributed by atoms with Crippen molar-refractivity contribution in [1.29, 1.82) is 0 Å². The Morgan fingerprint density at radius 2 is 2.16 bits per heavy atom. The standard InChI is InChI=1S/C13H14N2O3S/c1-8(2)11-14-13(19-15-11)18-10-6-4-5-9(7-10)12(16)17-3/h4-8H,1-3H3. The fraction of sp³-hybridized carbons (Fsp3) is 0.308. The van der Waals surface area contributed by atoms with Crippen LogP contribution in [0.2, 0.25) is 0 Å². The molecule has 1 aromatic heterocycles. The molecule has 0 N–H and O–H groups in total. The number of esters is 1. The quantitative estimate of drug-likeness (QED) is 0.803. The van der Waals surface area contributed by atoms with Crippen molar-refractivity contribution in [3.63, 3.8) is 0 Å². The molecule has 2 rings (SSSR count). The highest BCUT2D eigenvalue weighted by atomic mass is 32.1. The summed E-state index contributed by atoms with van der Waals surface area (Å²) in [6.45, 7) is 4.04. The summed E-state index contributed by atoms with van der Waals surface area (Å²) in [7, 11) is 1.34. The van der Waals surface area contributed by atoms with Crippen LogP contribution in [-0.4, -0.2) is 22.4 Å². The van der Waals surface area contributed by atoms with Crippen LogP contribution in [0.5, 0.6) is 10.9 Å². The van der Waals surface area contributed by atoms with Gasteiger partial charge in [-0.05, 0) is 18.2 Å². The minimum atomic E-state index is -0.398. The normalized spacial score (nSPS) is 10.5. The summed E-state index contributed by atoms with van der Waals surface area (Å²) in [6.07, 6.45) is 0. The number of carbonyl (C=O) groups is 1.